The van der Waals surface area contributed by atoms with Crippen LogP contribution in [-0.4, -0.2) is 0 Å². The van der Waals surface area contributed by atoms with Crippen molar-refractivity contribution in [1.82, 2.24) is 0 Å². The highest BCUT2D eigenvalue weighted by atomic mass is 14.3. The van der Waals surface area contributed by atoms with Crippen molar-refractivity contribution in [2.75, 3.05) is 0 Å². The van der Waals surface area contributed by atoms with E-state index in [0.29, 0.717) is 11.8 Å². The summed E-state index contributed by atoms with van der Waals surface area (Å²) in [4.78, 5) is 0. The highest BCUT2D eigenvalue weighted by Crippen LogP contribution is 2.43. The highest BCUT2D eigenvalue weighted by molar-refractivity contribution is 5.51. The van der Waals surface area contributed by atoms with Gasteiger partial charge in [-0.1, -0.05) is 37.1 Å². The van der Waals surface area contributed by atoms with Gasteiger partial charge in [0.15, 0.2) is 0 Å². The molecule has 0 radical (unpaired) electrons. The lowest BCUT2D eigenvalue weighted by atomic mass is 9.85. The molecule has 3 aliphatic carbocycles. The maximum atomic E-state index is 2.42. The molecule has 0 amide bonds. The molecule has 3 aliphatic rings. The summed E-state index contributed by atoms with van der Waals surface area (Å²) >= 11 is 0. The van der Waals surface area contributed by atoms with Crippen molar-refractivity contribution >= 4 is 0 Å². The Bertz CT molecular complexity index is 339. The quantitative estimate of drug-likeness (QED) is 0.488. The normalized spacial score (nSPS) is 34.5. The van der Waals surface area contributed by atoms with E-state index < -0.39 is 0 Å². The van der Waals surface area contributed by atoms with Crippen LogP contribution in [0.4, 0.5) is 0 Å². The summed E-state index contributed by atoms with van der Waals surface area (Å²) in [7, 11) is 0. The predicted molar refractivity (Wildman–Crippen MR) is 55.0 cm³/mol. The van der Waals surface area contributed by atoms with Crippen molar-refractivity contribution in [1.29, 1.82) is 0 Å². The van der Waals surface area contributed by atoms with Crippen molar-refractivity contribution in [3.63, 3.8) is 0 Å². The lowest BCUT2D eigenvalue weighted by molar-refractivity contribution is 0.667. The Hall–Kier alpha value is -1.17. The maximum Gasteiger partial charge on any atom is -0.0438 e. The van der Waals surface area contributed by atoms with E-state index in [2.05, 4.69) is 42.9 Å². The van der Waals surface area contributed by atoms with Crippen LogP contribution in [0, 0.1) is 18.3 Å². The van der Waals surface area contributed by atoms with Gasteiger partial charge < -0.3 is 0 Å². The van der Waals surface area contributed by atoms with Crippen LogP contribution in [-0.2, 0) is 0 Å². The molecule has 0 fully saturated rings. The Morgan fingerprint density at radius 1 is 1.23 bits per heavy atom. The third-order valence-corrected chi connectivity index (χ3v) is 3.14. The Balaban J connectivity index is 2.04. The van der Waals surface area contributed by atoms with E-state index in [1.165, 1.54) is 18.4 Å². The minimum atomic E-state index is 0.639. The smallest absolute Gasteiger partial charge is 0.0438 e. The third-order valence-electron chi connectivity index (χ3n) is 3.14. The van der Waals surface area contributed by atoms with E-state index in [4.69, 9.17) is 0 Å². The van der Waals surface area contributed by atoms with Crippen LogP contribution >= 0.6 is 0 Å². The number of allylic oxidation sites excluding steroid dienone is 8. The van der Waals surface area contributed by atoms with Crippen LogP contribution in [0.3, 0.4) is 0 Å². The SMILES string of the molecule is C1=CC2C=C3[CH-]CCC=C3C2C=C1. The van der Waals surface area contributed by atoms with E-state index in [1.54, 1.807) is 5.57 Å². The molecule has 0 saturated heterocycles. The molecule has 2 unspecified atom stereocenters. The van der Waals surface area contributed by atoms with Gasteiger partial charge in [-0.05, 0) is 11.8 Å². The molecular weight excluding hydrogens is 156 g/mol. The maximum absolute atomic E-state index is 2.42. The first kappa shape index (κ1) is 7.25. The minimum absolute atomic E-state index is 0.639. The van der Waals surface area contributed by atoms with Gasteiger partial charge in [-0.2, -0.15) is 18.1 Å². The zero-order valence-electron chi connectivity index (χ0n) is 7.61. The Kier molecular flexibility index (Phi) is 1.49. The average Bonchev–Trinajstić information content (AvgIpc) is 2.56. The first-order valence-corrected chi connectivity index (χ1v) is 5.05. The van der Waals surface area contributed by atoms with Gasteiger partial charge in [0.2, 0.25) is 0 Å². The largest absolute Gasteiger partial charge is 0.192 e. The van der Waals surface area contributed by atoms with Crippen molar-refractivity contribution in [3.05, 3.63) is 54.0 Å². The van der Waals surface area contributed by atoms with Gasteiger partial charge in [-0.25, -0.2) is 0 Å². The highest BCUT2D eigenvalue weighted by Gasteiger charge is 2.22. The summed E-state index contributed by atoms with van der Waals surface area (Å²) in [5, 5.41) is 0. The fourth-order valence-corrected chi connectivity index (χ4v) is 2.51. The summed E-state index contributed by atoms with van der Waals surface area (Å²) < 4.78 is 0. The van der Waals surface area contributed by atoms with Crippen LogP contribution in [0.1, 0.15) is 12.8 Å². The molecule has 0 spiro atoms. The van der Waals surface area contributed by atoms with Gasteiger partial charge in [0.25, 0.3) is 0 Å². The molecule has 0 nitrogen and oxygen atoms in total. The van der Waals surface area contributed by atoms with Crippen molar-refractivity contribution in [3.8, 4) is 0 Å². The molecule has 2 atom stereocenters. The number of hydrogen-bond donors (Lipinski definition) is 0. The van der Waals surface area contributed by atoms with Crippen LogP contribution < -0.4 is 0 Å². The molecule has 0 N–H and O–H groups in total. The second-order valence-corrected chi connectivity index (χ2v) is 3.94. The van der Waals surface area contributed by atoms with Gasteiger partial charge in [0, 0.05) is 0 Å². The second kappa shape index (κ2) is 2.66. The molecule has 0 aliphatic heterocycles. The monoisotopic (exact) mass is 169 g/mol. The fraction of sp³-hybridized carbons (Fsp3) is 0.308. The van der Waals surface area contributed by atoms with Crippen molar-refractivity contribution in [2.24, 2.45) is 11.8 Å². The molecule has 0 aromatic rings. The molecule has 0 aromatic heterocycles. The Morgan fingerprint density at radius 3 is 3.15 bits per heavy atom. The standard InChI is InChI=1S/C13H13/c1-3-7-12-10(5-1)9-11-6-2-4-8-13(11)12/h1,3,5-10,12H,2,4H2/q-1. The molecule has 3 rings (SSSR count). The van der Waals surface area contributed by atoms with Crippen LogP contribution in [0.15, 0.2) is 47.6 Å². The molecule has 66 valence electrons. The molecule has 13 heavy (non-hydrogen) atoms. The van der Waals surface area contributed by atoms with Crippen LogP contribution in [0.25, 0.3) is 0 Å². The van der Waals surface area contributed by atoms with Gasteiger partial charge in [-0.3, -0.25) is 0 Å². The summed E-state index contributed by atoms with van der Waals surface area (Å²) in [6.45, 7) is 0. The van der Waals surface area contributed by atoms with E-state index in [-0.39, 0.29) is 0 Å². The predicted octanol–water partition coefficient (Wildman–Crippen LogP) is 3.21. The summed E-state index contributed by atoms with van der Waals surface area (Å²) in [6, 6.07) is 0. The Morgan fingerprint density at radius 2 is 2.15 bits per heavy atom. The molecule has 0 heterocycles. The lowest BCUT2D eigenvalue weighted by Crippen LogP contribution is -2.08. The van der Waals surface area contributed by atoms with E-state index in [0.717, 1.165) is 0 Å². The molecule has 0 bridgehead atoms. The Labute approximate surface area is 79.3 Å². The molecule has 0 heteroatoms. The number of rotatable bonds is 0. The van der Waals surface area contributed by atoms with E-state index >= 15 is 0 Å². The summed E-state index contributed by atoms with van der Waals surface area (Å²) in [5.41, 5.74) is 3.06. The van der Waals surface area contributed by atoms with E-state index in [1.807, 2.05) is 0 Å². The number of fused-ring (bicyclic) bond motifs is 3. The lowest BCUT2D eigenvalue weighted by Gasteiger charge is -2.26. The van der Waals surface area contributed by atoms with Crippen molar-refractivity contribution < 1.29 is 0 Å². The molecule has 0 saturated carbocycles. The van der Waals surface area contributed by atoms with Crippen LogP contribution in [0.2, 0.25) is 0 Å². The first-order chi connectivity index (χ1) is 6.45. The zero-order valence-corrected chi connectivity index (χ0v) is 7.61. The number of hydrogen-bond acceptors (Lipinski definition) is 0. The fourth-order valence-electron chi connectivity index (χ4n) is 2.51. The third kappa shape index (κ3) is 1.02. The van der Waals surface area contributed by atoms with E-state index in [9.17, 15) is 0 Å². The van der Waals surface area contributed by atoms with Gasteiger partial charge >= 0.3 is 0 Å². The van der Waals surface area contributed by atoms with Crippen molar-refractivity contribution in [2.45, 2.75) is 12.8 Å². The second-order valence-electron chi connectivity index (χ2n) is 3.94. The first-order valence-electron chi connectivity index (χ1n) is 5.05. The molecule has 0 aromatic carbocycles. The van der Waals surface area contributed by atoms with Gasteiger partial charge in [0.1, 0.15) is 0 Å². The summed E-state index contributed by atoms with van der Waals surface area (Å²) in [5.74, 6) is 1.29. The summed E-state index contributed by atoms with van der Waals surface area (Å²) in [6.07, 6.45) is 18.6. The van der Waals surface area contributed by atoms with Crippen LogP contribution in [0.5, 0.6) is 0 Å². The van der Waals surface area contributed by atoms with Gasteiger partial charge in [-0.15, -0.1) is 11.6 Å². The average molecular weight is 169 g/mol. The molecular formula is C13H13-. The minimum Gasteiger partial charge on any atom is -0.192 e. The topological polar surface area (TPSA) is 0 Å². The van der Waals surface area contributed by atoms with Gasteiger partial charge in [0.05, 0.1) is 0 Å². The zero-order chi connectivity index (χ0) is 8.67.